The van der Waals surface area contributed by atoms with E-state index in [4.69, 9.17) is 9.47 Å². The summed E-state index contributed by atoms with van der Waals surface area (Å²) in [5, 5.41) is 15.0. The van der Waals surface area contributed by atoms with Crippen LogP contribution in [-0.2, 0) is 4.79 Å². The van der Waals surface area contributed by atoms with Crippen molar-refractivity contribution >= 4 is 22.9 Å². The normalized spacial score (nSPS) is 15.0. The summed E-state index contributed by atoms with van der Waals surface area (Å²) in [7, 11) is 1.57. The fourth-order valence-corrected chi connectivity index (χ4v) is 2.97. The molecule has 1 aromatic carbocycles. The monoisotopic (exact) mass is 291 g/mol. The molecule has 0 aliphatic carbocycles. The third-order valence-corrected chi connectivity index (χ3v) is 4.03. The molecule has 0 saturated heterocycles. The van der Waals surface area contributed by atoms with E-state index in [1.54, 1.807) is 25.3 Å². The van der Waals surface area contributed by atoms with Gasteiger partial charge < -0.3 is 19.9 Å². The molecule has 20 heavy (non-hydrogen) atoms. The Labute approximate surface area is 119 Å². The minimum Gasteiger partial charge on any atom is -0.495 e. The van der Waals surface area contributed by atoms with Gasteiger partial charge in [0.15, 0.2) is 6.61 Å². The number of aliphatic hydroxyl groups excluding tert-OH is 1. The highest BCUT2D eigenvalue weighted by atomic mass is 32.1. The summed E-state index contributed by atoms with van der Waals surface area (Å²) in [5.41, 5.74) is 1.25. The Morgan fingerprint density at radius 2 is 2.30 bits per heavy atom. The maximum atomic E-state index is 11.3. The number of hydrogen-bond donors (Lipinski definition) is 2. The summed E-state index contributed by atoms with van der Waals surface area (Å²) >= 11 is 1.42. The SMILES string of the molecule is COc1ccsc1C(O)c1ccc2c(c1)NC(=O)CO2. The van der Waals surface area contributed by atoms with Crippen LogP contribution in [0.3, 0.4) is 0 Å². The molecule has 2 aromatic rings. The number of amides is 1. The van der Waals surface area contributed by atoms with Crippen LogP contribution < -0.4 is 14.8 Å². The number of aliphatic hydroxyl groups is 1. The van der Waals surface area contributed by atoms with E-state index in [0.29, 0.717) is 22.7 Å². The predicted molar refractivity (Wildman–Crippen MR) is 75.5 cm³/mol. The number of nitrogens with one attached hydrogen (secondary N) is 1. The number of rotatable bonds is 3. The van der Waals surface area contributed by atoms with Crippen LogP contribution in [0.5, 0.6) is 11.5 Å². The number of ether oxygens (including phenoxy) is 2. The molecule has 0 fully saturated rings. The van der Waals surface area contributed by atoms with Crippen LogP contribution in [0.15, 0.2) is 29.6 Å². The van der Waals surface area contributed by atoms with E-state index in [0.717, 1.165) is 4.88 Å². The minimum absolute atomic E-state index is 0.0215. The number of thiophene rings is 1. The number of carbonyl (C=O) groups is 1. The Morgan fingerprint density at radius 3 is 3.10 bits per heavy atom. The highest BCUT2D eigenvalue weighted by Gasteiger charge is 2.21. The summed E-state index contributed by atoms with van der Waals surface area (Å²) in [6.07, 6.45) is -0.797. The Hall–Kier alpha value is -2.05. The van der Waals surface area contributed by atoms with Gasteiger partial charge in [-0.05, 0) is 29.1 Å². The number of benzene rings is 1. The third kappa shape index (κ3) is 2.23. The van der Waals surface area contributed by atoms with Gasteiger partial charge in [0.05, 0.1) is 17.7 Å². The van der Waals surface area contributed by atoms with Crippen molar-refractivity contribution in [1.82, 2.24) is 0 Å². The maximum Gasteiger partial charge on any atom is 0.262 e. The Balaban J connectivity index is 1.94. The Morgan fingerprint density at radius 1 is 1.45 bits per heavy atom. The first kappa shape index (κ1) is 13.0. The van der Waals surface area contributed by atoms with E-state index in [-0.39, 0.29) is 12.5 Å². The van der Waals surface area contributed by atoms with Crippen LogP contribution in [-0.4, -0.2) is 24.7 Å². The van der Waals surface area contributed by atoms with Crippen molar-refractivity contribution in [3.63, 3.8) is 0 Å². The fourth-order valence-electron chi connectivity index (χ4n) is 2.10. The van der Waals surface area contributed by atoms with Crippen molar-refractivity contribution < 1.29 is 19.4 Å². The molecule has 1 aromatic heterocycles. The number of anilines is 1. The van der Waals surface area contributed by atoms with Crippen LogP contribution in [0, 0.1) is 0 Å². The molecule has 0 spiro atoms. The smallest absolute Gasteiger partial charge is 0.262 e. The van der Waals surface area contributed by atoms with Gasteiger partial charge in [0.2, 0.25) is 0 Å². The maximum absolute atomic E-state index is 11.3. The fraction of sp³-hybridized carbons (Fsp3) is 0.214. The predicted octanol–water partition coefficient (Wildman–Crippen LogP) is 2.17. The zero-order valence-corrected chi connectivity index (χ0v) is 11.6. The summed E-state index contributed by atoms with van der Waals surface area (Å²) in [4.78, 5) is 12.1. The molecule has 1 aliphatic rings. The second-order valence-electron chi connectivity index (χ2n) is 4.35. The molecule has 0 saturated carbocycles. The van der Waals surface area contributed by atoms with Crippen molar-refractivity contribution in [2.75, 3.05) is 19.0 Å². The van der Waals surface area contributed by atoms with Crippen LogP contribution >= 0.6 is 11.3 Å². The van der Waals surface area contributed by atoms with Crippen molar-refractivity contribution in [1.29, 1.82) is 0 Å². The topological polar surface area (TPSA) is 67.8 Å². The zero-order valence-electron chi connectivity index (χ0n) is 10.8. The molecule has 1 atom stereocenters. The van der Waals surface area contributed by atoms with Crippen LogP contribution in [0.1, 0.15) is 16.5 Å². The number of carbonyl (C=O) groups excluding carboxylic acids is 1. The Bertz CT molecular complexity index is 652. The van der Waals surface area contributed by atoms with Crippen molar-refractivity contribution in [2.45, 2.75) is 6.10 Å². The lowest BCUT2D eigenvalue weighted by atomic mass is 10.1. The molecule has 3 rings (SSSR count). The van der Waals surface area contributed by atoms with Gasteiger partial charge in [-0.15, -0.1) is 11.3 Å². The minimum atomic E-state index is -0.797. The first-order chi connectivity index (χ1) is 9.69. The number of hydrogen-bond acceptors (Lipinski definition) is 5. The molecule has 0 radical (unpaired) electrons. The second kappa shape index (κ2) is 5.15. The van der Waals surface area contributed by atoms with Crippen molar-refractivity contribution in [2.24, 2.45) is 0 Å². The summed E-state index contributed by atoms with van der Waals surface area (Å²) < 4.78 is 10.5. The third-order valence-electron chi connectivity index (χ3n) is 3.08. The lowest BCUT2D eigenvalue weighted by Crippen LogP contribution is -2.25. The standard InChI is InChI=1S/C14H13NO4S/c1-18-11-4-5-20-14(11)13(17)8-2-3-10-9(6-8)15-12(16)7-19-10/h2-6,13,17H,7H2,1H3,(H,15,16). The second-order valence-corrected chi connectivity index (χ2v) is 5.30. The van der Waals surface area contributed by atoms with Gasteiger partial charge in [-0.3, -0.25) is 4.79 Å². The molecule has 2 N–H and O–H groups in total. The van der Waals surface area contributed by atoms with E-state index in [1.807, 2.05) is 11.4 Å². The van der Waals surface area contributed by atoms with Crippen LogP contribution in [0.25, 0.3) is 0 Å². The first-order valence-electron chi connectivity index (χ1n) is 6.05. The number of methoxy groups -OCH3 is 1. The van der Waals surface area contributed by atoms with Gasteiger partial charge in [0.1, 0.15) is 17.6 Å². The molecule has 104 valence electrons. The average Bonchev–Trinajstić information content (AvgIpc) is 2.94. The molecule has 2 heterocycles. The van der Waals surface area contributed by atoms with E-state index in [1.165, 1.54) is 11.3 Å². The first-order valence-corrected chi connectivity index (χ1v) is 6.93. The quantitative estimate of drug-likeness (QED) is 0.909. The summed E-state index contributed by atoms with van der Waals surface area (Å²) in [6, 6.07) is 7.05. The van der Waals surface area contributed by atoms with Crippen molar-refractivity contribution in [3.05, 3.63) is 40.1 Å². The van der Waals surface area contributed by atoms with Gasteiger partial charge >= 0.3 is 0 Å². The Kier molecular flexibility index (Phi) is 3.33. The lowest BCUT2D eigenvalue weighted by molar-refractivity contribution is -0.118. The van der Waals surface area contributed by atoms with Gasteiger partial charge in [-0.25, -0.2) is 0 Å². The lowest BCUT2D eigenvalue weighted by Gasteiger charge is -2.20. The molecule has 1 aliphatic heterocycles. The molecule has 6 heteroatoms. The highest BCUT2D eigenvalue weighted by molar-refractivity contribution is 7.10. The molecular formula is C14H13NO4S. The van der Waals surface area contributed by atoms with Crippen molar-refractivity contribution in [3.8, 4) is 11.5 Å². The molecule has 0 bridgehead atoms. The van der Waals surface area contributed by atoms with E-state index in [9.17, 15) is 9.90 Å². The number of fused-ring (bicyclic) bond motifs is 1. The summed E-state index contributed by atoms with van der Waals surface area (Å²) in [6.45, 7) is 0.0215. The zero-order chi connectivity index (χ0) is 14.1. The summed E-state index contributed by atoms with van der Waals surface area (Å²) in [5.74, 6) is 1.07. The van der Waals surface area contributed by atoms with E-state index >= 15 is 0 Å². The van der Waals surface area contributed by atoms with Gasteiger partial charge in [-0.2, -0.15) is 0 Å². The van der Waals surface area contributed by atoms with E-state index in [2.05, 4.69) is 5.32 Å². The molecular weight excluding hydrogens is 278 g/mol. The average molecular weight is 291 g/mol. The van der Waals surface area contributed by atoms with Gasteiger partial charge in [0, 0.05) is 0 Å². The largest absolute Gasteiger partial charge is 0.495 e. The van der Waals surface area contributed by atoms with E-state index < -0.39 is 6.10 Å². The van der Waals surface area contributed by atoms with Crippen LogP contribution in [0.2, 0.25) is 0 Å². The molecule has 1 amide bonds. The highest BCUT2D eigenvalue weighted by Crippen LogP contribution is 2.37. The van der Waals surface area contributed by atoms with Crippen LogP contribution in [0.4, 0.5) is 5.69 Å². The molecule has 1 unspecified atom stereocenters. The van der Waals surface area contributed by atoms with Gasteiger partial charge in [0.25, 0.3) is 5.91 Å². The van der Waals surface area contributed by atoms with Gasteiger partial charge in [-0.1, -0.05) is 6.07 Å². The molecule has 5 nitrogen and oxygen atoms in total.